The van der Waals surface area contributed by atoms with Gasteiger partial charge in [-0.2, -0.15) is 0 Å². The lowest BCUT2D eigenvalue weighted by Crippen LogP contribution is -2.54. The van der Waals surface area contributed by atoms with Gasteiger partial charge < -0.3 is 19.5 Å². The summed E-state index contributed by atoms with van der Waals surface area (Å²) in [4.78, 5) is 33.4. The van der Waals surface area contributed by atoms with Crippen molar-refractivity contribution < 1.29 is 24.2 Å². The summed E-state index contributed by atoms with van der Waals surface area (Å²) in [6.45, 7) is 14.6. The topological polar surface area (TPSA) is 89.0 Å². The van der Waals surface area contributed by atoms with E-state index in [4.69, 9.17) is 9.47 Å². The number of aromatic nitrogens is 1. The fourth-order valence-electron chi connectivity index (χ4n) is 5.30. The molecule has 0 aliphatic carbocycles. The van der Waals surface area contributed by atoms with Gasteiger partial charge in [-0.05, 0) is 41.9 Å². The molecule has 1 fully saturated rings. The molecule has 1 aromatic heterocycles. The van der Waals surface area contributed by atoms with Crippen molar-refractivity contribution in [3.05, 3.63) is 58.6 Å². The number of nitrogens with zero attached hydrogens (tertiary/aromatic N) is 2. The highest BCUT2D eigenvalue weighted by molar-refractivity contribution is 7.09. The van der Waals surface area contributed by atoms with Crippen LogP contribution in [0, 0.1) is 11.8 Å². The molecule has 0 spiro atoms. The Morgan fingerprint density at radius 3 is 2.61 bits per heavy atom. The Morgan fingerprint density at radius 1 is 1.36 bits per heavy atom. The van der Waals surface area contributed by atoms with Gasteiger partial charge in [0.1, 0.15) is 16.3 Å². The van der Waals surface area contributed by atoms with E-state index in [2.05, 4.69) is 32.3 Å². The van der Waals surface area contributed by atoms with Crippen molar-refractivity contribution in [2.45, 2.75) is 64.5 Å². The predicted octanol–water partition coefficient (Wildman–Crippen LogP) is 5.72. The third-order valence-corrected chi connectivity index (χ3v) is 7.52. The van der Waals surface area contributed by atoms with E-state index >= 15 is 0 Å². The van der Waals surface area contributed by atoms with Crippen LogP contribution in [0.1, 0.15) is 74.4 Å². The second-order valence-corrected chi connectivity index (χ2v) is 11.8. The first kappa shape index (κ1) is 27.9. The maximum atomic E-state index is 14.3. The van der Waals surface area contributed by atoms with Crippen LogP contribution in [0.5, 0.6) is 5.75 Å². The standard InChI is InChI=1S/C28H38N2O5S/c1-8-12-35-17-20-16-28(26(32)33,15-18(2)3)30(23(20)24-29-11-13-36-24)25(31)19-9-10-21(27(4,5)6)22(14-19)34-7/h8-11,13-14,18,20,23H,1,12,15-17H2,2-7H3,(H,32,33)/t20-,23-,28+/m1/s1. The zero-order valence-corrected chi connectivity index (χ0v) is 22.9. The Hall–Kier alpha value is -2.71. The SMILES string of the molecule is C=CCOC[C@H]1C[C@@](CC(C)C)(C(=O)O)N(C(=O)c2ccc(C(C)(C)C)c(OC)c2)[C@H]1c1nccs1. The van der Waals surface area contributed by atoms with E-state index in [0.717, 1.165) is 5.56 Å². The summed E-state index contributed by atoms with van der Waals surface area (Å²) < 4.78 is 11.5. The van der Waals surface area contributed by atoms with Crippen molar-refractivity contribution in [2.75, 3.05) is 20.3 Å². The molecule has 0 bridgehead atoms. The Bertz CT molecular complexity index is 1080. The number of thiazole rings is 1. The molecule has 3 atom stereocenters. The maximum Gasteiger partial charge on any atom is 0.329 e. The number of ether oxygens (including phenoxy) is 2. The smallest absolute Gasteiger partial charge is 0.329 e. The average molecular weight is 515 g/mol. The van der Waals surface area contributed by atoms with Crippen molar-refractivity contribution in [3.63, 3.8) is 0 Å². The average Bonchev–Trinajstić information content (AvgIpc) is 3.44. The van der Waals surface area contributed by atoms with Gasteiger partial charge in [0.2, 0.25) is 0 Å². The summed E-state index contributed by atoms with van der Waals surface area (Å²) in [5.41, 5.74) is -0.204. The first-order valence-corrected chi connectivity index (χ1v) is 13.2. The van der Waals surface area contributed by atoms with Crippen LogP contribution < -0.4 is 4.74 Å². The fraction of sp³-hybridized carbons (Fsp3) is 0.536. The molecular formula is C28H38N2O5S. The molecule has 1 amide bonds. The third kappa shape index (κ3) is 5.49. The first-order valence-electron chi connectivity index (χ1n) is 12.3. The van der Waals surface area contributed by atoms with Crippen molar-refractivity contribution in [2.24, 2.45) is 11.8 Å². The molecule has 36 heavy (non-hydrogen) atoms. The number of hydrogen-bond acceptors (Lipinski definition) is 6. The number of hydrogen-bond donors (Lipinski definition) is 1. The summed E-state index contributed by atoms with van der Waals surface area (Å²) in [5.74, 6) is -0.919. The molecule has 196 valence electrons. The van der Waals surface area contributed by atoms with E-state index in [1.807, 2.05) is 25.3 Å². The second kappa shape index (κ2) is 11.1. The molecule has 0 saturated carbocycles. The van der Waals surface area contributed by atoms with Gasteiger partial charge in [0.05, 0.1) is 26.4 Å². The van der Waals surface area contributed by atoms with Gasteiger partial charge >= 0.3 is 5.97 Å². The van der Waals surface area contributed by atoms with E-state index in [0.29, 0.717) is 36.0 Å². The molecule has 2 aromatic rings. The Labute approximate surface area is 218 Å². The van der Waals surface area contributed by atoms with E-state index in [1.54, 1.807) is 36.4 Å². The van der Waals surface area contributed by atoms with Crippen LogP contribution in [-0.2, 0) is 14.9 Å². The fourth-order valence-corrected chi connectivity index (χ4v) is 6.12. The van der Waals surface area contributed by atoms with Crippen molar-refractivity contribution in [3.8, 4) is 5.75 Å². The van der Waals surface area contributed by atoms with Gasteiger partial charge in [-0.15, -0.1) is 17.9 Å². The summed E-state index contributed by atoms with van der Waals surface area (Å²) in [7, 11) is 1.58. The second-order valence-electron chi connectivity index (χ2n) is 10.9. The van der Waals surface area contributed by atoms with Crippen LogP contribution in [0.2, 0.25) is 0 Å². The van der Waals surface area contributed by atoms with Crippen LogP contribution >= 0.6 is 11.3 Å². The van der Waals surface area contributed by atoms with Crippen LogP contribution in [0.25, 0.3) is 0 Å². The van der Waals surface area contributed by atoms with Gasteiger partial charge in [0, 0.05) is 23.1 Å². The normalized spacial score (nSPS) is 22.1. The van der Waals surface area contributed by atoms with Gasteiger partial charge in [-0.1, -0.05) is 46.8 Å². The van der Waals surface area contributed by atoms with Gasteiger partial charge in [0.25, 0.3) is 5.91 Å². The number of amides is 1. The highest BCUT2D eigenvalue weighted by Gasteiger charge is 2.59. The van der Waals surface area contributed by atoms with Gasteiger partial charge in [0.15, 0.2) is 0 Å². The van der Waals surface area contributed by atoms with Crippen LogP contribution in [0.4, 0.5) is 0 Å². The molecule has 7 nitrogen and oxygen atoms in total. The lowest BCUT2D eigenvalue weighted by Gasteiger charge is -2.39. The molecule has 0 radical (unpaired) electrons. The largest absolute Gasteiger partial charge is 0.496 e. The summed E-state index contributed by atoms with van der Waals surface area (Å²) in [6.07, 6.45) is 3.96. The highest BCUT2D eigenvalue weighted by atomic mass is 32.1. The van der Waals surface area contributed by atoms with Crippen LogP contribution in [0.15, 0.2) is 42.4 Å². The van der Waals surface area contributed by atoms with Crippen molar-refractivity contribution in [1.82, 2.24) is 9.88 Å². The van der Waals surface area contributed by atoms with Crippen molar-refractivity contribution in [1.29, 1.82) is 0 Å². The number of benzene rings is 1. The zero-order chi connectivity index (χ0) is 26.7. The monoisotopic (exact) mass is 514 g/mol. The zero-order valence-electron chi connectivity index (χ0n) is 22.1. The Balaban J connectivity index is 2.18. The summed E-state index contributed by atoms with van der Waals surface area (Å²) in [5, 5.41) is 13.2. The van der Waals surface area contributed by atoms with E-state index in [9.17, 15) is 14.7 Å². The molecule has 1 N–H and O–H groups in total. The van der Waals surface area contributed by atoms with Crippen LogP contribution in [-0.4, -0.2) is 52.7 Å². The molecule has 1 aliphatic rings. The number of carbonyl (C=O) groups excluding carboxylic acids is 1. The highest BCUT2D eigenvalue weighted by Crippen LogP contribution is 2.51. The molecule has 8 heteroatoms. The molecule has 1 aromatic carbocycles. The Morgan fingerprint density at radius 2 is 2.08 bits per heavy atom. The van der Waals surface area contributed by atoms with Crippen LogP contribution in [0.3, 0.4) is 0 Å². The molecule has 1 aliphatic heterocycles. The van der Waals surface area contributed by atoms with E-state index in [-0.39, 0.29) is 29.6 Å². The molecular weight excluding hydrogens is 476 g/mol. The number of rotatable bonds is 10. The molecule has 0 unspecified atom stereocenters. The van der Waals surface area contributed by atoms with Gasteiger partial charge in [-0.3, -0.25) is 4.79 Å². The predicted molar refractivity (Wildman–Crippen MR) is 142 cm³/mol. The summed E-state index contributed by atoms with van der Waals surface area (Å²) >= 11 is 1.43. The molecule has 2 heterocycles. The minimum atomic E-state index is -1.39. The molecule has 3 rings (SSSR count). The molecule has 1 saturated heterocycles. The number of methoxy groups -OCH3 is 1. The minimum absolute atomic E-state index is 0.0546. The van der Waals surface area contributed by atoms with E-state index in [1.165, 1.54) is 11.3 Å². The lowest BCUT2D eigenvalue weighted by molar-refractivity contribution is -0.150. The van der Waals surface area contributed by atoms with E-state index < -0.39 is 17.6 Å². The maximum absolute atomic E-state index is 14.3. The minimum Gasteiger partial charge on any atom is -0.496 e. The summed E-state index contributed by atoms with van der Waals surface area (Å²) in [6, 6.07) is 4.88. The number of carboxylic acids is 1. The first-order chi connectivity index (χ1) is 17.0. The Kier molecular flexibility index (Phi) is 8.62. The number of carbonyl (C=O) groups is 2. The number of carboxylic acid groups (broad SMARTS) is 1. The quantitative estimate of drug-likeness (QED) is 0.322. The number of aliphatic carboxylic acids is 1. The van der Waals surface area contributed by atoms with Gasteiger partial charge in [-0.25, -0.2) is 9.78 Å². The number of likely N-dealkylation sites (tertiary alicyclic amines) is 1. The third-order valence-electron chi connectivity index (χ3n) is 6.68. The lowest BCUT2D eigenvalue weighted by atomic mass is 9.83. The van der Waals surface area contributed by atoms with Crippen molar-refractivity contribution >= 4 is 23.2 Å².